The number of carbonyl (C=O) groups excluding carboxylic acids is 1. The Morgan fingerprint density at radius 3 is 2.86 bits per heavy atom. The predicted molar refractivity (Wildman–Crippen MR) is 101 cm³/mol. The molecular weight excluding hydrogens is 377 g/mol. The van der Waals surface area contributed by atoms with Gasteiger partial charge >= 0.3 is 0 Å². The van der Waals surface area contributed by atoms with Crippen LogP contribution in [0.25, 0.3) is 0 Å². The first-order valence-electron chi connectivity index (χ1n) is 8.90. The molecule has 0 radical (unpaired) electrons. The fraction of sp³-hybridized carbons (Fsp3) is 0.300. The molecule has 1 amide bonds. The van der Waals surface area contributed by atoms with Crippen LogP contribution in [0.1, 0.15) is 28.5 Å². The molecule has 8 nitrogen and oxygen atoms in total. The molecule has 29 heavy (non-hydrogen) atoms. The molecule has 0 saturated carbocycles. The summed E-state index contributed by atoms with van der Waals surface area (Å²) >= 11 is 0. The number of nitrogens with one attached hydrogen (secondary N) is 1. The molecule has 148 valence electrons. The average Bonchev–Trinajstić information content (AvgIpc) is 3.06. The summed E-state index contributed by atoms with van der Waals surface area (Å²) in [5.41, 5.74) is 5.27. The summed E-state index contributed by atoms with van der Waals surface area (Å²) in [7, 11) is 0. The van der Waals surface area contributed by atoms with Gasteiger partial charge in [0, 0.05) is 17.4 Å². The van der Waals surface area contributed by atoms with Crippen molar-refractivity contribution in [3.63, 3.8) is 0 Å². The number of ether oxygens (including phenoxy) is 2. The topological polar surface area (TPSA) is 123 Å². The van der Waals surface area contributed by atoms with Gasteiger partial charge in [0.15, 0.2) is 0 Å². The lowest BCUT2D eigenvalue weighted by Gasteiger charge is -2.42. The van der Waals surface area contributed by atoms with Crippen LogP contribution < -0.4 is 11.1 Å². The number of amidine groups is 1. The van der Waals surface area contributed by atoms with E-state index in [1.54, 1.807) is 0 Å². The number of nitrogens with zero attached hydrogens (tertiary/aromatic N) is 3. The van der Waals surface area contributed by atoms with Crippen LogP contribution in [-0.2, 0) is 15.0 Å². The van der Waals surface area contributed by atoms with Gasteiger partial charge in [0.2, 0.25) is 0 Å². The number of amides is 1. The number of pyridine rings is 1. The second-order valence-corrected chi connectivity index (χ2v) is 7.35. The Hall–Kier alpha value is -3.51. The van der Waals surface area contributed by atoms with E-state index in [1.165, 1.54) is 36.5 Å². The zero-order chi connectivity index (χ0) is 20.6. The number of benzene rings is 1. The van der Waals surface area contributed by atoms with Gasteiger partial charge in [-0.05, 0) is 30.3 Å². The van der Waals surface area contributed by atoms with Crippen molar-refractivity contribution < 1.29 is 18.7 Å². The highest BCUT2D eigenvalue weighted by Gasteiger charge is 2.58. The Morgan fingerprint density at radius 2 is 2.14 bits per heavy atom. The minimum Gasteiger partial charge on any atom is -0.465 e. The molecule has 2 aliphatic rings. The summed E-state index contributed by atoms with van der Waals surface area (Å²) in [6.07, 6.45) is 1.31. The van der Waals surface area contributed by atoms with Crippen LogP contribution in [0.2, 0.25) is 0 Å². The second kappa shape index (κ2) is 6.83. The number of hydrogen-bond donors (Lipinski definition) is 2. The second-order valence-electron chi connectivity index (χ2n) is 7.35. The van der Waals surface area contributed by atoms with Crippen molar-refractivity contribution in [1.29, 1.82) is 5.26 Å². The molecule has 9 heteroatoms. The van der Waals surface area contributed by atoms with E-state index in [0.29, 0.717) is 17.9 Å². The van der Waals surface area contributed by atoms with E-state index in [-0.39, 0.29) is 30.5 Å². The van der Waals surface area contributed by atoms with Gasteiger partial charge in [-0.2, -0.15) is 5.26 Å². The van der Waals surface area contributed by atoms with Crippen LogP contribution in [0, 0.1) is 22.6 Å². The van der Waals surface area contributed by atoms with Crippen LogP contribution in [0.4, 0.5) is 10.1 Å². The molecule has 0 unspecified atom stereocenters. The van der Waals surface area contributed by atoms with E-state index in [9.17, 15) is 9.18 Å². The van der Waals surface area contributed by atoms with Gasteiger partial charge < -0.3 is 20.5 Å². The maximum absolute atomic E-state index is 14.9. The van der Waals surface area contributed by atoms with Crippen LogP contribution in [0.5, 0.6) is 0 Å². The molecule has 1 aromatic carbocycles. The van der Waals surface area contributed by atoms with E-state index < -0.39 is 22.7 Å². The zero-order valence-electron chi connectivity index (χ0n) is 15.6. The summed E-state index contributed by atoms with van der Waals surface area (Å²) in [5, 5.41) is 11.5. The van der Waals surface area contributed by atoms with Crippen molar-refractivity contribution in [2.75, 3.05) is 25.1 Å². The maximum Gasteiger partial charge on any atom is 0.282 e. The highest BCUT2D eigenvalue weighted by Crippen LogP contribution is 2.51. The molecule has 1 fully saturated rings. The standard InChI is InChI=1S/C20H18FN5O3/c1-19-9-28-11-20(19,26-18(23)29-10-19)14-6-13(3-4-15(14)21)25-17(27)16-5-2-12(7-22)8-24-16/h2-6,8H,9-11H2,1H3,(H2,23,26)(H,25,27)/t19-,20+/m0/s1. The lowest BCUT2D eigenvalue weighted by Crippen LogP contribution is -2.50. The number of nitrogens with two attached hydrogens (primary N) is 1. The largest absolute Gasteiger partial charge is 0.465 e. The molecule has 2 aliphatic heterocycles. The van der Waals surface area contributed by atoms with Crippen LogP contribution in [-0.4, -0.2) is 36.7 Å². The minimum absolute atomic E-state index is 0.0244. The van der Waals surface area contributed by atoms with E-state index in [0.717, 1.165) is 0 Å². The fourth-order valence-corrected chi connectivity index (χ4v) is 3.67. The number of aliphatic imine (C=N–C) groups is 1. The van der Waals surface area contributed by atoms with E-state index >= 15 is 0 Å². The van der Waals surface area contributed by atoms with Gasteiger partial charge in [-0.25, -0.2) is 14.4 Å². The minimum atomic E-state index is -1.05. The SMILES string of the molecule is C[C@@]12COC[C@]1(c1cc(NC(=O)c3ccc(C#N)cn3)ccc1F)N=C(N)OC2. The van der Waals surface area contributed by atoms with Crippen LogP contribution >= 0.6 is 0 Å². The van der Waals surface area contributed by atoms with Crippen molar-refractivity contribution in [2.45, 2.75) is 12.5 Å². The number of rotatable bonds is 3. The van der Waals surface area contributed by atoms with E-state index in [1.807, 2.05) is 13.0 Å². The third kappa shape index (κ3) is 3.07. The first kappa shape index (κ1) is 18.8. The number of aromatic nitrogens is 1. The Kier molecular flexibility index (Phi) is 4.43. The normalized spacial score (nSPS) is 25.3. The van der Waals surface area contributed by atoms with Crippen molar-refractivity contribution in [3.8, 4) is 6.07 Å². The van der Waals surface area contributed by atoms with Crippen molar-refractivity contribution in [1.82, 2.24) is 4.98 Å². The quantitative estimate of drug-likeness (QED) is 0.819. The lowest BCUT2D eigenvalue weighted by molar-refractivity contribution is 0.0665. The maximum atomic E-state index is 14.9. The predicted octanol–water partition coefficient (Wildman–Crippen LogP) is 1.92. The summed E-state index contributed by atoms with van der Waals surface area (Å²) in [6.45, 7) is 2.64. The molecule has 3 N–H and O–H groups in total. The third-order valence-corrected chi connectivity index (χ3v) is 5.36. The molecule has 4 rings (SSSR count). The Balaban J connectivity index is 1.68. The summed E-state index contributed by atoms with van der Waals surface area (Å²) in [5.74, 6) is -0.959. The lowest BCUT2D eigenvalue weighted by atomic mass is 9.69. The molecule has 1 saturated heterocycles. The molecule has 2 aromatic rings. The molecule has 0 bridgehead atoms. The number of halogens is 1. The van der Waals surface area contributed by atoms with Crippen molar-refractivity contribution in [3.05, 3.63) is 59.2 Å². The summed E-state index contributed by atoms with van der Waals surface area (Å²) < 4.78 is 25.9. The van der Waals surface area contributed by atoms with Gasteiger partial charge in [-0.3, -0.25) is 4.79 Å². The fourth-order valence-electron chi connectivity index (χ4n) is 3.67. The first-order valence-corrected chi connectivity index (χ1v) is 8.90. The highest BCUT2D eigenvalue weighted by atomic mass is 19.1. The highest BCUT2D eigenvalue weighted by molar-refractivity contribution is 6.02. The van der Waals surface area contributed by atoms with Crippen molar-refractivity contribution >= 4 is 17.6 Å². The number of anilines is 1. The van der Waals surface area contributed by atoms with E-state index in [4.69, 9.17) is 20.5 Å². The van der Waals surface area contributed by atoms with Gasteiger partial charge in [-0.15, -0.1) is 0 Å². The third-order valence-electron chi connectivity index (χ3n) is 5.36. The number of nitriles is 1. The monoisotopic (exact) mass is 395 g/mol. The Morgan fingerprint density at radius 1 is 1.31 bits per heavy atom. The van der Waals surface area contributed by atoms with Gasteiger partial charge in [0.25, 0.3) is 11.9 Å². The molecule has 2 atom stereocenters. The number of fused-ring (bicyclic) bond motifs is 1. The molecular formula is C20H18FN5O3. The number of carbonyl (C=O) groups is 1. The number of hydrogen-bond acceptors (Lipinski definition) is 7. The molecule has 1 aromatic heterocycles. The summed E-state index contributed by atoms with van der Waals surface area (Å²) in [4.78, 5) is 20.9. The Labute approximate surface area is 166 Å². The molecule has 0 spiro atoms. The smallest absolute Gasteiger partial charge is 0.282 e. The van der Waals surface area contributed by atoms with Crippen LogP contribution in [0.3, 0.4) is 0 Å². The van der Waals surface area contributed by atoms with Gasteiger partial charge in [0.1, 0.15) is 29.7 Å². The van der Waals surface area contributed by atoms with Gasteiger partial charge in [0.05, 0.1) is 24.2 Å². The molecule has 0 aliphatic carbocycles. The zero-order valence-corrected chi connectivity index (χ0v) is 15.6. The average molecular weight is 395 g/mol. The van der Waals surface area contributed by atoms with Crippen LogP contribution in [0.15, 0.2) is 41.5 Å². The summed E-state index contributed by atoms with van der Waals surface area (Å²) in [6, 6.07) is 9.12. The van der Waals surface area contributed by atoms with Gasteiger partial charge in [-0.1, -0.05) is 6.92 Å². The van der Waals surface area contributed by atoms with E-state index in [2.05, 4.69) is 15.3 Å². The first-order chi connectivity index (χ1) is 13.9. The Bertz CT molecular complexity index is 1050. The molecule has 3 heterocycles. The van der Waals surface area contributed by atoms with Crippen molar-refractivity contribution in [2.24, 2.45) is 16.1 Å².